The zero-order valence-electron chi connectivity index (χ0n) is 19.7. The molecule has 2 aromatic carbocycles. The van der Waals surface area contributed by atoms with Crippen molar-refractivity contribution < 1.29 is 27.4 Å². The summed E-state index contributed by atoms with van der Waals surface area (Å²) in [6.07, 6.45) is -3.21. The largest absolute Gasteiger partial charge is 0.449 e. The van der Waals surface area contributed by atoms with E-state index in [1.54, 1.807) is 18.1 Å². The number of piperazine rings is 1. The second-order valence-electron chi connectivity index (χ2n) is 8.54. The first-order chi connectivity index (χ1) is 16.9. The normalized spacial score (nSPS) is 16.1. The van der Waals surface area contributed by atoms with E-state index in [-0.39, 0.29) is 6.09 Å². The molecule has 1 saturated heterocycles. The van der Waals surface area contributed by atoms with Crippen LogP contribution in [0.3, 0.4) is 0 Å². The zero-order chi connectivity index (χ0) is 24.8. The van der Waals surface area contributed by atoms with Crippen LogP contribution in [-0.2, 0) is 15.7 Å². The number of halogens is 3. The van der Waals surface area contributed by atoms with Crippen molar-refractivity contribution in [3.05, 3.63) is 48.0 Å². The highest BCUT2D eigenvalue weighted by atomic mass is 32.2. The van der Waals surface area contributed by atoms with E-state index in [0.29, 0.717) is 45.0 Å². The number of para-hydroxylation sites is 1. The highest BCUT2D eigenvalue weighted by Crippen LogP contribution is 2.49. The minimum atomic E-state index is -4.38. The first kappa shape index (κ1) is 25.7. The predicted octanol–water partition coefficient (Wildman–Crippen LogP) is 5.49. The van der Waals surface area contributed by atoms with Gasteiger partial charge in [0.15, 0.2) is 0 Å². The van der Waals surface area contributed by atoms with E-state index in [1.165, 1.54) is 17.8 Å². The minimum absolute atomic E-state index is 0.291. The lowest BCUT2D eigenvalue weighted by atomic mass is 10.1. The van der Waals surface area contributed by atoms with Gasteiger partial charge in [-0.1, -0.05) is 23.9 Å². The molecule has 0 unspecified atom stereocenters. The van der Waals surface area contributed by atoms with Crippen LogP contribution in [0.2, 0.25) is 0 Å². The molecule has 0 atom stereocenters. The van der Waals surface area contributed by atoms with Crippen molar-refractivity contribution >= 4 is 29.2 Å². The molecule has 0 radical (unpaired) electrons. The van der Waals surface area contributed by atoms with E-state index < -0.39 is 11.7 Å². The smallest absolute Gasteiger partial charge is 0.416 e. The van der Waals surface area contributed by atoms with Crippen molar-refractivity contribution in [1.29, 1.82) is 0 Å². The standard InChI is InChI=1S/C25H30F3N3O3S/c1-33-16-5-17-34-24(32)30-14-12-29(13-15-30)10-4-11-31-20-6-2-3-7-22(20)35-23-9-8-19(18-21(23)31)25(26,27)28/h2-3,6-9,18H,4-5,10-17H2,1H3. The Labute approximate surface area is 208 Å². The number of hydrogen-bond donors (Lipinski definition) is 0. The average Bonchev–Trinajstić information content (AvgIpc) is 2.85. The molecule has 0 N–H and O–H groups in total. The zero-order valence-corrected chi connectivity index (χ0v) is 20.5. The molecule has 6 nitrogen and oxygen atoms in total. The number of benzene rings is 2. The van der Waals surface area contributed by atoms with Gasteiger partial charge in [0.1, 0.15) is 0 Å². The van der Waals surface area contributed by atoms with E-state index >= 15 is 0 Å². The summed E-state index contributed by atoms with van der Waals surface area (Å²) >= 11 is 1.50. The van der Waals surface area contributed by atoms with Crippen LogP contribution in [0.1, 0.15) is 18.4 Å². The predicted molar refractivity (Wildman–Crippen MR) is 129 cm³/mol. The number of nitrogens with zero attached hydrogens (tertiary/aromatic N) is 3. The Morgan fingerprint density at radius 2 is 1.69 bits per heavy atom. The quantitative estimate of drug-likeness (QED) is 0.439. The molecule has 0 aliphatic carbocycles. The maximum Gasteiger partial charge on any atom is 0.416 e. The van der Waals surface area contributed by atoms with Crippen LogP contribution in [0.15, 0.2) is 52.3 Å². The highest BCUT2D eigenvalue weighted by Gasteiger charge is 2.33. The molecular formula is C25H30F3N3O3S. The van der Waals surface area contributed by atoms with Gasteiger partial charge in [0.25, 0.3) is 0 Å². The van der Waals surface area contributed by atoms with E-state index in [0.717, 1.165) is 47.6 Å². The number of alkyl halides is 3. The van der Waals surface area contributed by atoms with Crippen LogP contribution in [-0.4, -0.2) is 75.5 Å². The Hall–Kier alpha value is -2.43. The van der Waals surface area contributed by atoms with Crippen molar-refractivity contribution in [2.45, 2.75) is 28.8 Å². The highest BCUT2D eigenvalue weighted by molar-refractivity contribution is 7.99. The fourth-order valence-electron chi connectivity index (χ4n) is 4.31. The molecular weight excluding hydrogens is 479 g/mol. The lowest BCUT2D eigenvalue weighted by Gasteiger charge is -2.36. The van der Waals surface area contributed by atoms with Gasteiger partial charge >= 0.3 is 12.3 Å². The summed E-state index contributed by atoms with van der Waals surface area (Å²) in [6.45, 7) is 5.00. The first-order valence-electron chi connectivity index (χ1n) is 11.8. The van der Waals surface area contributed by atoms with Crippen LogP contribution in [0, 0.1) is 0 Å². The van der Waals surface area contributed by atoms with Crippen molar-refractivity contribution in [3.8, 4) is 0 Å². The van der Waals surface area contributed by atoms with Gasteiger partial charge < -0.3 is 19.3 Å². The molecule has 10 heteroatoms. The van der Waals surface area contributed by atoms with Gasteiger partial charge in [0, 0.05) is 62.7 Å². The second-order valence-corrected chi connectivity index (χ2v) is 9.63. The molecule has 0 saturated carbocycles. The topological polar surface area (TPSA) is 45.3 Å². The number of fused-ring (bicyclic) bond motifs is 2. The average molecular weight is 510 g/mol. The Kier molecular flexibility index (Phi) is 8.46. The SMILES string of the molecule is COCCCOC(=O)N1CCN(CCCN2c3ccccc3Sc3ccc(C(F)(F)F)cc32)CC1. The summed E-state index contributed by atoms with van der Waals surface area (Å²) in [5.41, 5.74) is 0.904. The van der Waals surface area contributed by atoms with Crippen LogP contribution in [0.25, 0.3) is 0 Å². The maximum absolute atomic E-state index is 13.4. The fourth-order valence-corrected chi connectivity index (χ4v) is 5.38. The van der Waals surface area contributed by atoms with Crippen molar-refractivity contribution in [3.63, 3.8) is 0 Å². The van der Waals surface area contributed by atoms with E-state index in [9.17, 15) is 18.0 Å². The van der Waals surface area contributed by atoms with E-state index in [1.807, 2.05) is 29.2 Å². The van der Waals surface area contributed by atoms with Crippen LogP contribution >= 0.6 is 11.8 Å². The number of rotatable bonds is 8. The Balaban J connectivity index is 1.34. The van der Waals surface area contributed by atoms with Gasteiger partial charge in [-0.25, -0.2) is 4.79 Å². The first-order valence-corrected chi connectivity index (χ1v) is 12.6. The monoisotopic (exact) mass is 509 g/mol. The van der Waals surface area contributed by atoms with Crippen molar-refractivity contribution in [2.75, 3.05) is 64.5 Å². The van der Waals surface area contributed by atoms with E-state index in [2.05, 4.69) is 4.90 Å². The van der Waals surface area contributed by atoms with Crippen LogP contribution in [0.5, 0.6) is 0 Å². The van der Waals surface area contributed by atoms with Gasteiger partial charge in [0.2, 0.25) is 0 Å². The number of amides is 1. The Bertz CT molecular complexity index is 1010. The molecule has 2 aliphatic heterocycles. The molecule has 1 amide bonds. The summed E-state index contributed by atoms with van der Waals surface area (Å²) in [4.78, 5) is 20.0. The van der Waals surface area contributed by atoms with Crippen molar-refractivity contribution in [2.24, 2.45) is 0 Å². The van der Waals surface area contributed by atoms with Gasteiger partial charge in [-0.3, -0.25) is 4.90 Å². The number of carbonyl (C=O) groups excluding carboxylic acids is 1. The second kappa shape index (κ2) is 11.5. The number of ether oxygens (including phenoxy) is 2. The molecule has 2 aliphatic rings. The molecule has 2 aromatic rings. The third-order valence-electron chi connectivity index (χ3n) is 6.16. The summed E-state index contributed by atoms with van der Waals surface area (Å²) in [6, 6.07) is 11.8. The van der Waals surface area contributed by atoms with Crippen LogP contribution in [0.4, 0.5) is 29.3 Å². The van der Waals surface area contributed by atoms with Gasteiger partial charge in [-0.2, -0.15) is 13.2 Å². The number of anilines is 2. The van der Waals surface area contributed by atoms with Gasteiger partial charge in [0.05, 0.1) is 23.5 Å². The summed E-state index contributed by atoms with van der Waals surface area (Å²) in [7, 11) is 1.61. The lowest BCUT2D eigenvalue weighted by molar-refractivity contribution is -0.137. The Morgan fingerprint density at radius 1 is 0.943 bits per heavy atom. The minimum Gasteiger partial charge on any atom is -0.449 e. The molecule has 190 valence electrons. The molecule has 35 heavy (non-hydrogen) atoms. The van der Waals surface area contributed by atoms with E-state index in [4.69, 9.17) is 9.47 Å². The third kappa shape index (κ3) is 6.42. The fraction of sp³-hybridized carbons (Fsp3) is 0.480. The molecule has 0 aromatic heterocycles. The maximum atomic E-state index is 13.4. The number of carbonyl (C=O) groups is 1. The van der Waals surface area contributed by atoms with Crippen molar-refractivity contribution in [1.82, 2.24) is 9.80 Å². The van der Waals surface area contributed by atoms with Crippen LogP contribution < -0.4 is 4.90 Å². The number of methoxy groups -OCH3 is 1. The molecule has 4 rings (SSSR count). The summed E-state index contributed by atoms with van der Waals surface area (Å²) < 4.78 is 50.4. The third-order valence-corrected chi connectivity index (χ3v) is 7.29. The van der Waals surface area contributed by atoms with Gasteiger partial charge in [-0.15, -0.1) is 0 Å². The summed E-state index contributed by atoms with van der Waals surface area (Å²) in [5, 5.41) is 0. The molecule has 1 fully saturated rings. The molecule has 0 spiro atoms. The summed E-state index contributed by atoms with van der Waals surface area (Å²) in [5.74, 6) is 0. The molecule has 2 heterocycles. The number of hydrogen-bond acceptors (Lipinski definition) is 6. The Morgan fingerprint density at radius 3 is 2.43 bits per heavy atom. The lowest BCUT2D eigenvalue weighted by Crippen LogP contribution is -2.49. The molecule has 0 bridgehead atoms. The van der Waals surface area contributed by atoms with Gasteiger partial charge in [-0.05, 0) is 43.3 Å².